The van der Waals surface area contributed by atoms with Gasteiger partial charge in [0.15, 0.2) is 0 Å². The first-order valence-electron chi connectivity index (χ1n) is 3.84. The predicted molar refractivity (Wildman–Crippen MR) is 38.8 cm³/mol. The van der Waals surface area contributed by atoms with Crippen molar-refractivity contribution in [3.8, 4) is 0 Å². The molecule has 1 heterocycles. The first kappa shape index (κ1) is 7.98. The second kappa shape index (κ2) is 3.91. The SMILES string of the molecule is OCCCN1CC[C@H](O)C1. The van der Waals surface area contributed by atoms with E-state index in [0.717, 1.165) is 32.5 Å². The molecule has 1 aliphatic heterocycles. The topological polar surface area (TPSA) is 43.7 Å². The number of aliphatic hydroxyl groups excluding tert-OH is 2. The molecule has 0 saturated carbocycles. The van der Waals surface area contributed by atoms with Crippen LogP contribution >= 0.6 is 0 Å². The van der Waals surface area contributed by atoms with Gasteiger partial charge in [-0.3, -0.25) is 0 Å². The normalized spacial score (nSPS) is 27.6. The van der Waals surface area contributed by atoms with Crippen LogP contribution in [0.5, 0.6) is 0 Å². The Labute approximate surface area is 61.3 Å². The second-order valence-corrected chi connectivity index (χ2v) is 2.82. The highest BCUT2D eigenvalue weighted by atomic mass is 16.3. The molecule has 1 atom stereocenters. The summed E-state index contributed by atoms with van der Waals surface area (Å²) in [5.74, 6) is 0. The Balaban J connectivity index is 2.06. The average Bonchev–Trinajstić information content (AvgIpc) is 2.31. The average molecular weight is 145 g/mol. The van der Waals surface area contributed by atoms with Crippen molar-refractivity contribution in [2.75, 3.05) is 26.2 Å². The molecule has 0 amide bonds. The minimum absolute atomic E-state index is 0.126. The van der Waals surface area contributed by atoms with Crippen LogP contribution in [0.15, 0.2) is 0 Å². The van der Waals surface area contributed by atoms with Crippen LogP contribution in [0.1, 0.15) is 12.8 Å². The fraction of sp³-hybridized carbons (Fsp3) is 1.00. The van der Waals surface area contributed by atoms with E-state index in [2.05, 4.69) is 4.90 Å². The lowest BCUT2D eigenvalue weighted by molar-refractivity contribution is 0.172. The Kier molecular flexibility index (Phi) is 3.12. The molecule has 1 saturated heterocycles. The molecule has 0 aromatic carbocycles. The maximum atomic E-state index is 9.09. The highest BCUT2D eigenvalue weighted by Gasteiger charge is 2.18. The molecule has 3 nitrogen and oxygen atoms in total. The van der Waals surface area contributed by atoms with Crippen LogP contribution in [-0.4, -0.2) is 47.5 Å². The van der Waals surface area contributed by atoms with Crippen molar-refractivity contribution < 1.29 is 10.2 Å². The number of hydrogen-bond acceptors (Lipinski definition) is 3. The van der Waals surface area contributed by atoms with E-state index < -0.39 is 0 Å². The smallest absolute Gasteiger partial charge is 0.0679 e. The van der Waals surface area contributed by atoms with E-state index >= 15 is 0 Å². The third kappa shape index (κ3) is 2.25. The number of aliphatic hydroxyl groups is 2. The van der Waals surface area contributed by atoms with Crippen LogP contribution in [0.25, 0.3) is 0 Å². The molecule has 0 radical (unpaired) electrons. The maximum absolute atomic E-state index is 9.09. The van der Waals surface area contributed by atoms with Gasteiger partial charge in [-0.2, -0.15) is 0 Å². The Morgan fingerprint density at radius 2 is 2.30 bits per heavy atom. The van der Waals surface area contributed by atoms with Crippen LogP contribution in [0.3, 0.4) is 0 Å². The van der Waals surface area contributed by atoms with E-state index in [1.54, 1.807) is 0 Å². The molecular weight excluding hydrogens is 130 g/mol. The molecule has 0 unspecified atom stereocenters. The summed E-state index contributed by atoms with van der Waals surface area (Å²) < 4.78 is 0. The fourth-order valence-electron chi connectivity index (χ4n) is 1.31. The fourth-order valence-corrected chi connectivity index (χ4v) is 1.31. The van der Waals surface area contributed by atoms with E-state index in [0.29, 0.717) is 0 Å². The van der Waals surface area contributed by atoms with Gasteiger partial charge in [-0.25, -0.2) is 0 Å². The summed E-state index contributed by atoms with van der Waals surface area (Å²) >= 11 is 0. The van der Waals surface area contributed by atoms with Crippen LogP contribution in [0.4, 0.5) is 0 Å². The summed E-state index contributed by atoms with van der Waals surface area (Å²) in [6.45, 7) is 2.96. The summed E-state index contributed by atoms with van der Waals surface area (Å²) in [6, 6.07) is 0. The molecule has 2 N–H and O–H groups in total. The van der Waals surface area contributed by atoms with Gasteiger partial charge in [-0.05, 0) is 12.8 Å². The lowest BCUT2D eigenvalue weighted by Gasteiger charge is -2.12. The summed E-state index contributed by atoms with van der Waals surface area (Å²) in [5.41, 5.74) is 0. The lowest BCUT2D eigenvalue weighted by Crippen LogP contribution is -2.23. The minimum Gasteiger partial charge on any atom is -0.396 e. The van der Waals surface area contributed by atoms with Crippen LogP contribution in [0.2, 0.25) is 0 Å². The third-order valence-corrected chi connectivity index (χ3v) is 1.88. The molecule has 1 rings (SSSR count). The van der Waals surface area contributed by atoms with Crippen LogP contribution < -0.4 is 0 Å². The van der Waals surface area contributed by atoms with Gasteiger partial charge in [0.05, 0.1) is 6.10 Å². The highest BCUT2D eigenvalue weighted by Crippen LogP contribution is 2.07. The number of rotatable bonds is 3. The van der Waals surface area contributed by atoms with E-state index in [9.17, 15) is 0 Å². The molecule has 1 fully saturated rings. The van der Waals surface area contributed by atoms with Crippen molar-refractivity contribution >= 4 is 0 Å². The number of β-amino-alcohol motifs (C(OH)–C–C–N with tert-alkyl or cyclic N) is 1. The summed E-state index contributed by atoms with van der Waals surface area (Å²) in [6.07, 6.45) is 1.59. The monoisotopic (exact) mass is 145 g/mol. The number of nitrogens with zero attached hydrogens (tertiary/aromatic N) is 1. The lowest BCUT2D eigenvalue weighted by atomic mass is 10.3. The third-order valence-electron chi connectivity index (χ3n) is 1.88. The molecule has 1 aliphatic rings. The summed E-state index contributed by atoms with van der Waals surface area (Å²) in [7, 11) is 0. The second-order valence-electron chi connectivity index (χ2n) is 2.82. The van der Waals surface area contributed by atoms with Crippen molar-refractivity contribution in [2.45, 2.75) is 18.9 Å². The van der Waals surface area contributed by atoms with Gasteiger partial charge in [0, 0.05) is 26.2 Å². The largest absolute Gasteiger partial charge is 0.396 e. The van der Waals surface area contributed by atoms with Gasteiger partial charge in [0.2, 0.25) is 0 Å². The molecule has 10 heavy (non-hydrogen) atoms. The zero-order valence-electron chi connectivity index (χ0n) is 6.16. The molecule has 0 spiro atoms. The van der Waals surface area contributed by atoms with Gasteiger partial charge in [-0.15, -0.1) is 0 Å². The number of hydrogen-bond donors (Lipinski definition) is 2. The molecule has 3 heteroatoms. The van der Waals surface area contributed by atoms with E-state index in [1.807, 2.05) is 0 Å². The van der Waals surface area contributed by atoms with Gasteiger partial charge in [0.25, 0.3) is 0 Å². The van der Waals surface area contributed by atoms with Crippen molar-refractivity contribution in [1.82, 2.24) is 4.90 Å². The van der Waals surface area contributed by atoms with E-state index in [1.165, 1.54) is 0 Å². The molecule has 60 valence electrons. The van der Waals surface area contributed by atoms with E-state index in [4.69, 9.17) is 10.2 Å². The quantitative estimate of drug-likeness (QED) is 0.559. The zero-order valence-corrected chi connectivity index (χ0v) is 6.16. The van der Waals surface area contributed by atoms with Crippen LogP contribution in [-0.2, 0) is 0 Å². The number of likely N-dealkylation sites (tertiary alicyclic amines) is 1. The Hall–Kier alpha value is -0.120. The van der Waals surface area contributed by atoms with Crippen LogP contribution in [0, 0.1) is 0 Å². The minimum atomic E-state index is -0.126. The molecule has 0 aromatic rings. The Bertz CT molecular complexity index is 97.6. The molecule has 0 aliphatic carbocycles. The predicted octanol–water partition coefficient (Wildman–Crippen LogP) is -0.565. The summed E-state index contributed by atoms with van der Waals surface area (Å²) in [5, 5.41) is 17.6. The molecule has 0 bridgehead atoms. The first-order chi connectivity index (χ1) is 4.83. The zero-order chi connectivity index (χ0) is 7.40. The van der Waals surface area contributed by atoms with Gasteiger partial charge < -0.3 is 15.1 Å². The van der Waals surface area contributed by atoms with Crippen molar-refractivity contribution in [2.24, 2.45) is 0 Å². The highest BCUT2D eigenvalue weighted by molar-refractivity contribution is 4.73. The molecule has 0 aromatic heterocycles. The maximum Gasteiger partial charge on any atom is 0.0679 e. The van der Waals surface area contributed by atoms with Gasteiger partial charge in [-0.1, -0.05) is 0 Å². The van der Waals surface area contributed by atoms with Crippen molar-refractivity contribution in [3.05, 3.63) is 0 Å². The van der Waals surface area contributed by atoms with Gasteiger partial charge in [0.1, 0.15) is 0 Å². The Morgan fingerprint density at radius 3 is 2.80 bits per heavy atom. The summed E-state index contributed by atoms with van der Waals surface area (Å²) in [4.78, 5) is 2.18. The van der Waals surface area contributed by atoms with Crippen molar-refractivity contribution in [3.63, 3.8) is 0 Å². The standard InChI is InChI=1S/C7H15NO2/c9-5-1-3-8-4-2-7(10)6-8/h7,9-10H,1-6H2/t7-/m0/s1. The van der Waals surface area contributed by atoms with Crippen molar-refractivity contribution in [1.29, 1.82) is 0 Å². The first-order valence-corrected chi connectivity index (χ1v) is 3.84. The van der Waals surface area contributed by atoms with E-state index in [-0.39, 0.29) is 12.7 Å². The Morgan fingerprint density at radius 1 is 1.50 bits per heavy atom. The van der Waals surface area contributed by atoms with Gasteiger partial charge >= 0.3 is 0 Å². The molecular formula is C7H15NO2.